The standard InChI is InChI=1S/C28H25N/c1-3-28(2,21-11-5-4-6-12-21)22-17-19-23(20-18-22)29-26-15-9-7-13-24(26)25-14-8-10-16-27(25)29/h4-20H,3H2,1-2H3. The van der Waals surface area contributed by atoms with Crippen molar-refractivity contribution in [3.63, 3.8) is 0 Å². The average molecular weight is 376 g/mol. The molecule has 1 heteroatoms. The second-order valence-corrected chi connectivity index (χ2v) is 7.97. The van der Waals surface area contributed by atoms with E-state index in [0.29, 0.717) is 0 Å². The highest BCUT2D eigenvalue weighted by Gasteiger charge is 2.26. The van der Waals surface area contributed by atoms with Gasteiger partial charge in [-0.15, -0.1) is 0 Å². The Labute approximate surface area is 172 Å². The van der Waals surface area contributed by atoms with E-state index in [2.05, 4.69) is 122 Å². The van der Waals surface area contributed by atoms with Gasteiger partial charge in [-0.2, -0.15) is 0 Å². The lowest BCUT2D eigenvalue weighted by Gasteiger charge is -2.30. The van der Waals surface area contributed by atoms with Gasteiger partial charge in [0.1, 0.15) is 0 Å². The molecule has 0 fully saturated rings. The van der Waals surface area contributed by atoms with Gasteiger partial charge in [0, 0.05) is 21.9 Å². The highest BCUT2D eigenvalue weighted by atomic mass is 15.0. The Balaban J connectivity index is 1.66. The molecule has 0 radical (unpaired) electrons. The van der Waals surface area contributed by atoms with Gasteiger partial charge in [-0.3, -0.25) is 0 Å². The molecule has 0 saturated heterocycles. The number of para-hydroxylation sites is 2. The number of benzene rings is 4. The number of fused-ring (bicyclic) bond motifs is 3. The lowest BCUT2D eigenvalue weighted by molar-refractivity contribution is 0.550. The monoisotopic (exact) mass is 375 g/mol. The Kier molecular flexibility index (Phi) is 4.24. The van der Waals surface area contributed by atoms with E-state index in [1.165, 1.54) is 38.6 Å². The second kappa shape index (κ2) is 6.93. The first kappa shape index (κ1) is 17.8. The highest BCUT2D eigenvalue weighted by Crippen LogP contribution is 2.37. The van der Waals surface area contributed by atoms with Crippen molar-refractivity contribution in [2.24, 2.45) is 0 Å². The minimum Gasteiger partial charge on any atom is -0.309 e. The van der Waals surface area contributed by atoms with Gasteiger partial charge in [-0.25, -0.2) is 0 Å². The predicted molar refractivity (Wildman–Crippen MR) is 124 cm³/mol. The molecule has 0 aliphatic rings. The van der Waals surface area contributed by atoms with Crippen molar-refractivity contribution in [2.45, 2.75) is 25.7 Å². The third-order valence-corrected chi connectivity index (χ3v) is 6.46. The summed E-state index contributed by atoms with van der Waals surface area (Å²) in [7, 11) is 0. The Morgan fingerprint density at radius 2 is 1.07 bits per heavy atom. The van der Waals surface area contributed by atoms with E-state index in [1.807, 2.05) is 0 Å². The van der Waals surface area contributed by atoms with Gasteiger partial charge in [0.15, 0.2) is 0 Å². The molecule has 0 bridgehead atoms. The molecule has 0 aliphatic heterocycles. The van der Waals surface area contributed by atoms with Crippen molar-refractivity contribution in [3.05, 3.63) is 114 Å². The molecule has 1 aromatic heterocycles. The predicted octanol–water partition coefficient (Wildman–Crippen LogP) is 7.50. The molecule has 0 N–H and O–H groups in total. The normalized spacial score (nSPS) is 13.6. The van der Waals surface area contributed by atoms with Gasteiger partial charge >= 0.3 is 0 Å². The van der Waals surface area contributed by atoms with Crippen LogP contribution in [0.1, 0.15) is 31.4 Å². The summed E-state index contributed by atoms with van der Waals surface area (Å²) in [6.07, 6.45) is 1.06. The topological polar surface area (TPSA) is 4.93 Å². The third-order valence-electron chi connectivity index (χ3n) is 6.46. The summed E-state index contributed by atoms with van der Waals surface area (Å²) in [6, 6.07) is 37.3. The summed E-state index contributed by atoms with van der Waals surface area (Å²) in [5, 5.41) is 2.60. The van der Waals surface area contributed by atoms with E-state index in [4.69, 9.17) is 0 Å². The molecule has 1 unspecified atom stereocenters. The molecule has 1 nitrogen and oxygen atoms in total. The smallest absolute Gasteiger partial charge is 0.0541 e. The fourth-order valence-electron chi connectivity index (χ4n) is 4.56. The molecule has 0 amide bonds. The lowest BCUT2D eigenvalue weighted by Crippen LogP contribution is -2.22. The van der Waals surface area contributed by atoms with E-state index in [1.54, 1.807) is 0 Å². The van der Waals surface area contributed by atoms with Gasteiger partial charge in [-0.1, -0.05) is 92.7 Å². The molecule has 0 aliphatic carbocycles. The summed E-state index contributed by atoms with van der Waals surface area (Å²) in [5.74, 6) is 0. The van der Waals surface area contributed by atoms with Crippen LogP contribution in [0.2, 0.25) is 0 Å². The molecule has 142 valence electrons. The van der Waals surface area contributed by atoms with Gasteiger partial charge < -0.3 is 4.57 Å². The zero-order valence-electron chi connectivity index (χ0n) is 17.0. The summed E-state index contributed by atoms with van der Waals surface area (Å²) in [5.41, 5.74) is 6.45. The average Bonchev–Trinajstić information content (AvgIpc) is 3.14. The van der Waals surface area contributed by atoms with Crippen molar-refractivity contribution < 1.29 is 0 Å². The van der Waals surface area contributed by atoms with E-state index >= 15 is 0 Å². The largest absolute Gasteiger partial charge is 0.309 e. The van der Waals surface area contributed by atoms with E-state index in [9.17, 15) is 0 Å². The molecule has 4 aromatic carbocycles. The number of hydrogen-bond acceptors (Lipinski definition) is 0. The zero-order chi connectivity index (χ0) is 19.8. The van der Waals surface area contributed by atoms with Crippen LogP contribution in [0.4, 0.5) is 0 Å². The van der Waals surface area contributed by atoms with Crippen LogP contribution in [-0.2, 0) is 5.41 Å². The maximum absolute atomic E-state index is 2.38. The third kappa shape index (κ3) is 2.77. The van der Waals surface area contributed by atoms with Crippen molar-refractivity contribution in [1.29, 1.82) is 0 Å². The number of aromatic nitrogens is 1. The van der Waals surface area contributed by atoms with Crippen LogP contribution in [0.3, 0.4) is 0 Å². The molecule has 0 saturated carbocycles. The first-order chi connectivity index (χ1) is 14.2. The minimum absolute atomic E-state index is 0.0145. The molecule has 1 heterocycles. The molecular weight excluding hydrogens is 350 g/mol. The van der Waals surface area contributed by atoms with Crippen LogP contribution in [0.25, 0.3) is 27.5 Å². The Morgan fingerprint density at radius 1 is 0.586 bits per heavy atom. The second-order valence-electron chi connectivity index (χ2n) is 7.97. The van der Waals surface area contributed by atoms with E-state index in [0.717, 1.165) is 6.42 Å². The molecular formula is C28H25N. The Bertz CT molecular complexity index is 1230. The van der Waals surface area contributed by atoms with Crippen molar-refractivity contribution in [2.75, 3.05) is 0 Å². The van der Waals surface area contributed by atoms with Crippen molar-refractivity contribution >= 4 is 21.8 Å². The first-order valence-electron chi connectivity index (χ1n) is 10.4. The quantitative estimate of drug-likeness (QED) is 0.306. The Morgan fingerprint density at radius 3 is 1.62 bits per heavy atom. The highest BCUT2D eigenvalue weighted by molar-refractivity contribution is 6.09. The summed E-state index contributed by atoms with van der Waals surface area (Å²) in [6.45, 7) is 4.62. The molecule has 1 atom stereocenters. The number of hydrogen-bond donors (Lipinski definition) is 0. The summed E-state index contributed by atoms with van der Waals surface area (Å²) < 4.78 is 2.38. The van der Waals surface area contributed by atoms with Crippen LogP contribution in [0.15, 0.2) is 103 Å². The van der Waals surface area contributed by atoms with Crippen LogP contribution in [-0.4, -0.2) is 4.57 Å². The SMILES string of the molecule is CCC(C)(c1ccccc1)c1ccc(-n2c3ccccc3c3ccccc32)cc1. The van der Waals surface area contributed by atoms with Gasteiger partial charge in [0.05, 0.1) is 11.0 Å². The lowest BCUT2D eigenvalue weighted by atomic mass is 9.74. The van der Waals surface area contributed by atoms with Crippen molar-refractivity contribution in [3.8, 4) is 5.69 Å². The zero-order valence-corrected chi connectivity index (χ0v) is 17.0. The van der Waals surface area contributed by atoms with E-state index < -0.39 is 0 Å². The Hall–Kier alpha value is -3.32. The van der Waals surface area contributed by atoms with Gasteiger partial charge in [-0.05, 0) is 41.8 Å². The summed E-state index contributed by atoms with van der Waals surface area (Å²) >= 11 is 0. The van der Waals surface area contributed by atoms with Gasteiger partial charge in [0.2, 0.25) is 0 Å². The summed E-state index contributed by atoms with van der Waals surface area (Å²) in [4.78, 5) is 0. The van der Waals surface area contributed by atoms with Crippen LogP contribution in [0, 0.1) is 0 Å². The molecule has 5 aromatic rings. The molecule has 29 heavy (non-hydrogen) atoms. The van der Waals surface area contributed by atoms with Crippen LogP contribution >= 0.6 is 0 Å². The number of rotatable bonds is 4. The first-order valence-corrected chi connectivity index (χ1v) is 10.4. The van der Waals surface area contributed by atoms with Crippen LogP contribution < -0.4 is 0 Å². The molecule has 5 rings (SSSR count). The van der Waals surface area contributed by atoms with Gasteiger partial charge in [0.25, 0.3) is 0 Å². The van der Waals surface area contributed by atoms with Crippen molar-refractivity contribution in [1.82, 2.24) is 4.57 Å². The number of nitrogens with zero attached hydrogens (tertiary/aromatic N) is 1. The minimum atomic E-state index is 0.0145. The fraction of sp³-hybridized carbons (Fsp3) is 0.143. The maximum Gasteiger partial charge on any atom is 0.0541 e. The van der Waals surface area contributed by atoms with E-state index in [-0.39, 0.29) is 5.41 Å². The fourth-order valence-corrected chi connectivity index (χ4v) is 4.56. The van der Waals surface area contributed by atoms with Crippen LogP contribution in [0.5, 0.6) is 0 Å². The maximum atomic E-state index is 2.38. The molecule has 0 spiro atoms.